The molecule has 3 rings (SSSR count). The monoisotopic (exact) mass is 382 g/mol. The number of aromatic nitrogens is 2. The van der Waals surface area contributed by atoms with Crippen molar-refractivity contribution in [3.8, 4) is 11.6 Å². The maximum absolute atomic E-state index is 6.03. The Hall–Kier alpha value is -1.40. The highest BCUT2D eigenvalue weighted by atomic mass is 127. The van der Waals surface area contributed by atoms with Crippen LogP contribution in [0.15, 0.2) is 48.5 Å². The molecule has 0 amide bonds. The van der Waals surface area contributed by atoms with E-state index in [1.165, 1.54) is 0 Å². The van der Waals surface area contributed by atoms with Gasteiger partial charge in [0.15, 0.2) is 5.15 Å². The maximum atomic E-state index is 6.03. The fourth-order valence-electron chi connectivity index (χ4n) is 1.76. The van der Waals surface area contributed by atoms with Gasteiger partial charge >= 0.3 is 0 Å². The molecule has 19 heavy (non-hydrogen) atoms. The highest BCUT2D eigenvalue weighted by molar-refractivity contribution is 14.1. The first-order valence-corrected chi connectivity index (χ1v) is 7.04. The zero-order valence-electron chi connectivity index (χ0n) is 9.68. The highest BCUT2D eigenvalue weighted by Crippen LogP contribution is 2.30. The minimum absolute atomic E-state index is 0.380. The van der Waals surface area contributed by atoms with Crippen molar-refractivity contribution < 1.29 is 4.74 Å². The summed E-state index contributed by atoms with van der Waals surface area (Å²) in [6, 6.07) is 15.4. The third kappa shape index (κ3) is 2.64. The summed E-state index contributed by atoms with van der Waals surface area (Å²) in [4.78, 5) is 0. The third-order valence-electron chi connectivity index (χ3n) is 2.62. The largest absolute Gasteiger partial charge is 0.437 e. The summed E-state index contributed by atoms with van der Waals surface area (Å²) in [7, 11) is 0. The van der Waals surface area contributed by atoms with Gasteiger partial charge in [0.25, 0.3) is 0 Å². The van der Waals surface area contributed by atoms with Gasteiger partial charge in [-0.2, -0.15) is 0 Å². The van der Waals surface area contributed by atoms with Gasteiger partial charge < -0.3 is 4.74 Å². The van der Waals surface area contributed by atoms with Crippen LogP contribution < -0.4 is 4.74 Å². The molecule has 0 unspecified atom stereocenters. The molecule has 0 aliphatic carbocycles. The van der Waals surface area contributed by atoms with Crippen LogP contribution in [0.1, 0.15) is 0 Å². The molecule has 0 saturated heterocycles. The van der Waals surface area contributed by atoms with Crippen molar-refractivity contribution in [2.45, 2.75) is 0 Å². The number of rotatable bonds is 2. The Kier molecular flexibility index (Phi) is 3.52. The van der Waals surface area contributed by atoms with E-state index < -0.39 is 0 Å². The van der Waals surface area contributed by atoms with Crippen LogP contribution in [0.4, 0.5) is 0 Å². The van der Waals surface area contributed by atoms with Gasteiger partial charge in [-0.15, -0.1) is 10.2 Å². The molecule has 0 aliphatic rings. The Balaban J connectivity index is 2.09. The molecule has 5 heteroatoms. The minimum atomic E-state index is 0.380. The molecule has 2 aromatic carbocycles. The molecule has 0 N–H and O–H groups in total. The van der Waals surface area contributed by atoms with E-state index in [-0.39, 0.29) is 0 Å². The Labute approximate surface area is 128 Å². The van der Waals surface area contributed by atoms with Gasteiger partial charge in [0, 0.05) is 14.3 Å². The zero-order valence-corrected chi connectivity index (χ0v) is 12.6. The quantitative estimate of drug-likeness (QED) is 0.604. The van der Waals surface area contributed by atoms with Gasteiger partial charge in [-0.25, -0.2) is 0 Å². The van der Waals surface area contributed by atoms with Crippen LogP contribution in [0.5, 0.6) is 11.6 Å². The first-order valence-electron chi connectivity index (χ1n) is 5.58. The molecular weight excluding hydrogens is 375 g/mol. The lowest BCUT2D eigenvalue weighted by molar-refractivity contribution is 0.461. The second-order valence-electron chi connectivity index (χ2n) is 3.90. The predicted octanol–water partition coefficient (Wildman–Crippen LogP) is 4.68. The Morgan fingerprint density at radius 3 is 2.53 bits per heavy atom. The Morgan fingerprint density at radius 2 is 1.74 bits per heavy atom. The summed E-state index contributed by atoms with van der Waals surface area (Å²) >= 11 is 8.26. The molecule has 0 bridgehead atoms. The topological polar surface area (TPSA) is 35.0 Å². The normalized spacial score (nSPS) is 10.6. The maximum Gasteiger partial charge on any atom is 0.246 e. The van der Waals surface area contributed by atoms with Crippen LogP contribution in [0, 0.1) is 3.57 Å². The molecule has 3 aromatic rings. The molecule has 0 fully saturated rings. The van der Waals surface area contributed by atoms with Gasteiger partial charge in [-0.3, -0.25) is 0 Å². The standard InChI is InChI=1S/C14H8ClIN2O/c15-13-11-6-1-2-7-12(11)14(18-17-13)19-10-5-3-4-9(16)8-10/h1-8H. The lowest BCUT2D eigenvalue weighted by atomic mass is 10.2. The number of halogens is 2. The van der Waals surface area contributed by atoms with Crippen LogP contribution in [0.3, 0.4) is 0 Å². The van der Waals surface area contributed by atoms with E-state index in [0.29, 0.717) is 11.0 Å². The van der Waals surface area contributed by atoms with Crippen molar-refractivity contribution in [2.75, 3.05) is 0 Å². The molecule has 1 heterocycles. The second kappa shape index (κ2) is 5.30. The molecule has 0 radical (unpaired) electrons. The molecule has 0 spiro atoms. The van der Waals surface area contributed by atoms with E-state index >= 15 is 0 Å². The molecule has 0 saturated carbocycles. The summed E-state index contributed by atoms with van der Waals surface area (Å²) < 4.78 is 6.89. The molecule has 94 valence electrons. The lowest BCUT2D eigenvalue weighted by Crippen LogP contribution is -1.93. The van der Waals surface area contributed by atoms with Crippen molar-refractivity contribution in [3.63, 3.8) is 0 Å². The molecule has 1 aromatic heterocycles. The van der Waals surface area contributed by atoms with Crippen molar-refractivity contribution in [2.24, 2.45) is 0 Å². The van der Waals surface area contributed by atoms with E-state index in [1.807, 2.05) is 48.5 Å². The minimum Gasteiger partial charge on any atom is -0.437 e. The van der Waals surface area contributed by atoms with Crippen LogP contribution in [0.2, 0.25) is 5.15 Å². The van der Waals surface area contributed by atoms with Crippen molar-refractivity contribution in [3.05, 3.63) is 57.3 Å². The number of hydrogen-bond acceptors (Lipinski definition) is 3. The average Bonchev–Trinajstić information content (AvgIpc) is 2.42. The Bertz CT molecular complexity index is 748. The van der Waals surface area contributed by atoms with Crippen molar-refractivity contribution in [1.82, 2.24) is 10.2 Å². The number of ether oxygens (including phenoxy) is 1. The van der Waals surface area contributed by atoms with E-state index in [2.05, 4.69) is 32.8 Å². The van der Waals surface area contributed by atoms with E-state index in [1.54, 1.807) is 0 Å². The van der Waals surface area contributed by atoms with E-state index in [9.17, 15) is 0 Å². The fourth-order valence-corrected chi connectivity index (χ4v) is 2.48. The van der Waals surface area contributed by atoms with E-state index in [0.717, 1.165) is 20.1 Å². The lowest BCUT2D eigenvalue weighted by Gasteiger charge is -2.07. The van der Waals surface area contributed by atoms with Gasteiger partial charge in [-0.1, -0.05) is 35.9 Å². The van der Waals surface area contributed by atoms with Crippen molar-refractivity contribution >= 4 is 45.0 Å². The van der Waals surface area contributed by atoms with Crippen LogP contribution in [0.25, 0.3) is 10.8 Å². The smallest absolute Gasteiger partial charge is 0.246 e. The summed E-state index contributed by atoms with van der Waals surface area (Å²) in [5.41, 5.74) is 0. The van der Waals surface area contributed by atoms with E-state index in [4.69, 9.17) is 16.3 Å². The third-order valence-corrected chi connectivity index (χ3v) is 3.57. The molecule has 3 nitrogen and oxygen atoms in total. The summed E-state index contributed by atoms with van der Waals surface area (Å²) in [5, 5.41) is 10.0. The van der Waals surface area contributed by atoms with Crippen LogP contribution in [-0.2, 0) is 0 Å². The molecule has 0 atom stereocenters. The summed E-state index contributed by atoms with van der Waals surface area (Å²) in [5.74, 6) is 1.19. The SMILES string of the molecule is Clc1nnc(Oc2cccc(I)c2)c2ccccc12. The highest BCUT2D eigenvalue weighted by Gasteiger charge is 2.09. The summed E-state index contributed by atoms with van der Waals surface area (Å²) in [6.45, 7) is 0. The molecule has 0 aliphatic heterocycles. The van der Waals surface area contributed by atoms with Crippen LogP contribution >= 0.6 is 34.2 Å². The number of nitrogens with zero attached hydrogens (tertiary/aromatic N) is 2. The van der Waals surface area contributed by atoms with Gasteiger partial charge in [-0.05, 0) is 46.9 Å². The average molecular weight is 383 g/mol. The number of benzene rings is 2. The van der Waals surface area contributed by atoms with Gasteiger partial charge in [0.2, 0.25) is 5.88 Å². The predicted molar refractivity (Wildman–Crippen MR) is 83.8 cm³/mol. The van der Waals surface area contributed by atoms with Gasteiger partial charge in [0.1, 0.15) is 5.75 Å². The first kappa shape index (κ1) is 12.6. The number of hydrogen-bond donors (Lipinski definition) is 0. The van der Waals surface area contributed by atoms with Crippen molar-refractivity contribution in [1.29, 1.82) is 0 Å². The van der Waals surface area contributed by atoms with Crippen LogP contribution in [-0.4, -0.2) is 10.2 Å². The second-order valence-corrected chi connectivity index (χ2v) is 5.50. The first-order chi connectivity index (χ1) is 9.24. The van der Waals surface area contributed by atoms with Gasteiger partial charge in [0.05, 0.1) is 0 Å². The number of fused-ring (bicyclic) bond motifs is 1. The zero-order chi connectivity index (χ0) is 13.2. The fraction of sp³-hybridized carbons (Fsp3) is 0. The summed E-state index contributed by atoms with van der Waals surface area (Å²) in [6.07, 6.45) is 0. The Morgan fingerprint density at radius 1 is 0.947 bits per heavy atom. The molecular formula is C14H8ClIN2O.